The fourth-order valence-electron chi connectivity index (χ4n) is 1.74. The summed E-state index contributed by atoms with van der Waals surface area (Å²) in [6.45, 7) is 6.27. The van der Waals surface area contributed by atoms with Crippen molar-refractivity contribution >= 4 is 16.9 Å². The van der Waals surface area contributed by atoms with Gasteiger partial charge in [-0.3, -0.25) is 4.99 Å². The quantitative estimate of drug-likeness (QED) is 0.889. The summed E-state index contributed by atoms with van der Waals surface area (Å²) < 4.78 is 0. The molecule has 0 aliphatic carbocycles. The highest BCUT2D eigenvalue weighted by Gasteiger charge is 2.11. The van der Waals surface area contributed by atoms with Gasteiger partial charge in [0.15, 0.2) is 5.17 Å². The average Bonchev–Trinajstić information content (AvgIpc) is 2.39. The summed E-state index contributed by atoms with van der Waals surface area (Å²) in [5, 5.41) is 4.51. The van der Waals surface area contributed by atoms with Crippen LogP contribution in [0.3, 0.4) is 0 Å². The van der Waals surface area contributed by atoms with Gasteiger partial charge in [0.25, 0.3) is 0 Å². The smallest absolute Gasteiger partial charge is 0.156 e. The Morgan fingerprint density at radius 2 is 2.00 bits per heavy atom. The van der Waals surface area contributed by atoms with Crippen LogP contribution in [0.2, 0.25) is 0 Å². The van der Waals surface area contributed by atoms with Crippen molar-refractivity contribution in [1.29, 1.82) is 0 Å². The number of aliphatic imine (C=N–C) groups is 1. The molecule has 0 fully saturated rings. The molecule has 0 spiro atoms. The molecule has 1 unspecified atom stereocenters. The van der Waals surface area contributed by atoms with Gasteiger partial charge in [0.1, 0.15) is 0 Å². The zero-order chi connectivity index (χ0) is 12.1. The molecule has 0 aromatic heterocycles. The average molecular weight is 248 g/mol. The van der Waals surface area contributed by atoms with Gasteiger partial charge in [-0.05, 0) is 23.5 Å². The second-order valence-electron chi connectivity index (χ2n) is 4.59. The molecule has 0 saturated heterocycles. The third-order valence-corrected chi connectivity index (χ3v) is 4.21. The first-order valence-electron chi connectivity index (χ1n) is 6.27. The van der Waals surface area contributed by atoms with Gasteiger partial charge in [-0.2, -0.15) is 0 Å². The number of amidine groups is 1. The summed E-state index contributed by atoms with van der Waals surface area (Å²) in [4.78, 5) is 4.53. The van der Waals surface area contributed by atoms with Crippen molar-refractivity contribution < 1.29 is 0 Å². The van der Waals surface area contributed by atoms with E-state index in [0.717, 1.165) is 30.6 Å². The Kier molecular flexibility index (Phi) is 4.49. The molecule has 0 amide bonds. The Labute approximate surface area is 108 Å². The summed E-state index contributed by atoms with van der Waals surface area (Å²) >= 11 is 1.84. The van der Waals surface area contributed by atoms with Crippen LogP contribution < -0.4 is 5.32 Å². The van der Waals surface area contributed by atoms with Crippen LogP contribution in [0.5, 0.6) is 0 Å². The topological polar surface area (TPSA) is 24.4 Å². The lowest BCUT2D eigenvalue weighted by Gasteiger charge is -2.17. The molecular weight excluding hydrogens is 228 g/mol. The minimum absolute atomic E-state index is 0.717. The van der Waals surface area contributed by atoms with E-state index in [9.17, 15) is 0 Å². The molecule has 17 heavy (non-hydrogen) atoms. The van der Waals surface area contributed by atoms with E-state index >= 15 is 0 Å². The number of aryl methyl sites for hydroxylation is 1. The first-order chi connectivity index (χ1) is 8.28. The minimum atomic E-state index is 0.717. The first-order valence-corrected chi connectivity index (χ1v) is 7.25. The Hall–Kier alpha value is -0.960. The number of hydrogen-bond donors (Lipinski definition) is 1. The van der Waals surface area contributed by atoms with Crippen molar-refractivity contribution in [1.82, 2.24) is 5.32 Å². The highest BCUT2D eigenvalue weighted by molar-refractivity contribution is 8.13. The summed E-state index contributed by atoms with van der Waals surface area (Å²) in [6.07, 6.45) is 1.11. The van der Waals surface area contributed by atoms with Crippen LogP contribution in [0.1, 0.15) is 25.0 Å². The fraction of sp³-hybridized carbons (Fsp3) is 0.500. The maximum atomic E-state index is 4.53. The van der Waals surface area contributed by atoms with E-state index < -0.39 is 0 Å². The third-order valence-electron chi connectivity index (χ3n) is 2.93. The van der Waals surface area contributed by atoms with Crippen LogP contribution in [-0.4, -0.2) is 17.5 Å². The van der Waals surface area contributed by atoms with E-state index in [4.69, 9.17) is 0 Å². The van der Waals surface area contributed by atoms with Crippen molar-refractivity contribution in [3.8, 4) is 0 Å². The fourth-order valence-corrected chi connectivity index (χ4v) is 2.62. The molecular formula is C14H20N2S. The van der Waals surface area contributed by atoms with Crippen LogP contribution in [0.25, 0.3) is 0 Å². The Morgan fingerprint density at radius 1 is 1.29 bits per heavy atom. The molecule has 1 aliphatic rings. The largest absolute Gasteiger partial charge is 0.361 e. The van der Waals surface area contributed by atoms with Crippen molar-refractivity contribution in [2.45, 2.75) is 26.8 Å². The lowest BCUT2D eigenvalue weighted by atomic mass is 10.1. The van der Waals surface area contributed by atoms with Crippen LogP contribution in [0.15, 0.2) is 29.3 Å². The van der Waals surface area contributed by atoms with Gasteiger partial charge in [-0.1, -0.05) is 49.9 Å². The molecule has 2 rings (SSSR count). The molecule has 1 aliphatic heterocycles. The van der Waals surface area contributed by atoms with E-state index in [1.165, 1.54) is 16.9 Å². The number of nitrogens with one attached hydrogen (secondary N) is 1. The SMILES string of the molecule is CCc1ccc(CNC2=NCC(C)CS2)cc1. The van der Waals surface area contributed by atoms with E-state index in [2.05, 4.69) is 48.4 Å². The normalized spacial score (nSPS) is 19.9. The van der Waals surface area contributed by atoms with E-state index in [-0.39, 0.29) is 0 Å². The molecule has 1 aromatic carbocycles. The predicted octanol–water partition coefficient (Wildman–Crippen LogP) is 3.08. The van der Waals surface area contributed by atoms with Gasteiger partial charge in [0.2, 0.25) is 0 Å². The summed E-state index contributed by atoms with van der Waals surface area (Å²) in [5.41, 5.74) is 2.72. The van der Waals surface area contributed by atoms with Crippen LogP contribution >= 0.6 is 11.8 Å². The second kappa shape index (κ2) is 6.10. The Morgan fingerprint density at radius 3 is 2.59 bits per heavy atom. The number of rotatable bonds is 3. The van der Waals surface area contributed by atoms with E-state index in [1.807, 2.05) is 11.8 Å². The molecule has 1 atom stereocenters. The highest BCUT2D eigenvalue weighted by Crippen LogP contribution is 2.16. The van der Waals surface area contributed by atoms with E-state index in [0.29, 0.717) is 0 Å². The Balaban J connectivity index is 1.85. The second-order valence-corrected chi connectivity index (χ2v) is 5.59. The molecule has 0 radical (unpaired) electrons. The first kappa shape index (κ1) is 12.5. The van der Waals surface area contributed by atoms with Gasteiger partial charge >= 0.3 is 0 Å². The number of benzene rings is 1. The highest BCUT2D eigenvalue weighted by atomic mass is 32.2. The number of hydrogen-bond acceptors (Lipinski definition) is 3. The molecule has 0 bridgehead atoms. The zero-order valence-corrected chi connectivity index (χ0v) is 11.4. The summed E-state index contributed by atoms with van der Waals surface area (Å²) in [6, 6.07) is 8.80. The predicted molar refractivity (Wildman–Crippen MR) is 76.6 cm³/mol. The maximum absolute atomic E-state index is 4.53. The van der Waals surface area contributed by atoms with Crippen molar-refractivity contribution in [2.24, 2.45) is 10.9 Å². The molecule has 92 valence electrons. The lowest BCUT2D eigenvalue weighted by Crippen LogP contribution is -2.25. The molecule has 0 saturated carbocycles. The Bertz CT molecular complexity index is 384. The zero-order valence-electron chi connectivity index (χ0n) is 10.6. The van der Waals surface area contributed by atoms with E-state index in [1.54, 1.807) is 0 Å². The number of thioether (sulfide) groups is 1. The summed E-state index contributed by atoms with van der Waals surface area (Å²) in [5.74, 6) is 1.90. The van der Waals surface area contributed by atoms with Crippen molar-refractivity contribution in [3.05, 3.63) is 35.4 Å². The van der Waals surface area contributed by atoms with Crippen LogP contribution in [-0.2, 0) is 13.0 Å². The maximum Gasteiger partial charge on any atom is 0.156 e. The van der Waals surface area contributed by atoms with Crippen molar-refractivity contribution in [2.75, 3.05) is 12.3 Å². The van der Waals surface area contributed by atoms with Gasteiger partial charge in [0.05, 0.1) is 0 Å². The standard InChI is InChI=1S/C14H20N2S/c1-3-12-4-6-13(7-5-12)9-16-14-15-8-11(2)10-17-14/h4-7,11H,3,8-10H2,1-2H3,(H,15,16). The third kappa shape index (κ3) is 3.77. The molecule has 1 N–H and O–H groups in total. The lowest BCUT2D eigenvalue weighted by molar-refractivity contribution is 0.669. The van der Waals surface area contributed by atoms with Gasteiger partial charge in [-0.15, -0.1) is 0 Å². The van der Waals surface area contributed by atoms with Crippen molar-refractivity contribution in [3.63, 3.8) is 0 Å². The van der Waals surface area contributed by atoms with Crippen LogP contribution in [0.4, 0.5) is 0 Å². The monoisotopic (exact) mass is 248 g/mol. The molecule has 3 heteroatoms. The molecule has 1 heterocycles. The van der Waals surface area contributed by atoms with Crippen LogP contribution in [0, 0.1) is 5.92 Å². The molecule has 2 nitrogen and oxygen atoms in total. The van der Waals surface area contributed by atoms with Gasteiger partial charge < -0.3 is 5.32 Å². The summed E-state index contributed by atoms with van der Waals surface area (Å²) in [7, 11) is 0. The molecule has 1 aromatic rings. The van der Waals surface area contributed by atoms with Gasteiger partial charge in [0, 0.05) is 18.8 Å². The van der Waals surface area contributed by atoms with Gasteiger partial charge in [-0.25, -0.2) is 0 Å². The minimum Gasteiger partial charge on any atom is -0.361 e. The number of nitrogens with zero attached hydrogens (tertiary/aromatic N) is 1.